The van der Waals surface area contributed by atoms with E-state index in [0.717, 1.165) is 0 Å². The molecular weight excluding hydrogens is 334 g/mol. The SMILES string of the molecule is COC(=O)c1ccccc1COc1c(C(=O)OC)cnc2ccccc12. The van der Waals surface area contributed by atoms with Gasteiger partial charge < -0.3 is 14.2 Å². The summed E-state index contributed by atoms with van der Waals surface area (Å²) >= 11 is 0. The highest BCUT2D eigenvalue weighted by Gasteiger charge is 2.19. The summed E-state index contributed by atoms with van der Waals surface area (Å²) in [5.74, 6) is -0.626. The number of ether oxygens (including phenoxy) is 3. The third-order valence-electron chi connectivity index (χ3n) is 3.93. The van der Waals surface area contributed by atoms with Crippen LogP contribution in [0.5, 0.6) is 5.75 Å². The molecule has 0 aliphatic heterocycles. The van der Waals surface area contributed by atoms with E-state index in [0.29, 0.717) is 27.8 Å². The van der Waals surface area contributed by atoms with Gasteiger partial charge in [-0.05, 0) is 18.2 Å². The third-order valence-corrected chi connectivity index (χ3v) is 3.93. The van der Waals surface area contributed by atoms with Gasteiger partial charge in [0, 0.05) is 17.1 Å². The van der Waals surface area contributed by atoms with Crippen LogP contribution in [0.15, 0.2) is 54.7 Å². The number of methoxy groups -OCH3 is 2. The molecule has 0 radical (unpaired) electrons. The van der Waals surface area contributed by atoms with Crippen molar-refractivity contribution in [3.8, 4) is 5.75 Å². The van der Waals surface area contributed by atoms with E-state index in [1.807, 2.05) is 24.3 Å². The fourth-order valence-electron chi connectivity index (χ4n) is 2.63. The fourth-order valence-corrected chi connectivity index (χ4v) is 2.63. The molecule has 0 amide bonds. The van der Waals surface area contributed by atoms with Gasteiger partial charge in [-0.3, -0.25) is 4.98 Å². The molecule has 3 rings (SSSR count). The fraction of sp³-hybridized carbons (Fsp3) is 0.150. The van der Waals surface area contributed by atoms with Gasteiger partial charge in [0.2, 0.25) is 0 Å². The quantitative estimate of drug-likeness (QED) is 0.656. The molecule has 2 aromatic carbocycles. The minimum absolute atomic E-state index is 0.0866. The summed E-state index contributed by atoms with van der Waals surface area (Å²) in [7, 11) is 2.62. The third kappa shape index (κ3) is 3.35. The molecule has 0 bridgehead atoms. The Morgan fingerprint density at radius 1 is 0.885 bits per heavy atom. The number of hydrogen-bond donors (Lipinski definition) is 0. The van der Waals surface area contributed by atoms with Crippen molar-refractivity contribution < 1.29 is 23.8 Å². The van der Waals surface area contributed by atoms with E-state index in [4.69, 9.17) is 14.2 Å². The van der Waals surface area contributed by atoms with Crippen molar-refractivity contribution in [3.63, 3.8) is 0 Å². The van der Waals surface area contributed by atoms with Crippen molar-refractivity contribution in [2.75, 3.05) is 14.2 Å². The number of benzene rings is 2. The lowest BCUT2D eigenvalue weighted by atomic mass is 10.1. The zero-order chi connectivity index (χ0) is 18.5. The summed E-state index contributed by atoms with van der Waals surface area (Å²) in [4.78, 5) is 28.3. The average Bonchev–Trinajstić information content (AvgIpc) is 2.70. The zero-order valence-electron chi connectivity index (χ0n) is 14.4. The monoisotopic (exact) mass is 351 g/mol. The van der Waals surface area contributed by atoms with Crippen LogP contribution in [-0.4, -0.2) is 31.1 Å². The first-order valence-electron chi connectivity index (χ1n) is 7.90. The van der Waals surface area contributed by atoms with Crippen molar-refractivity contribution in [1.29, 1.82) is 0 Å². The molecule has 0 aliphatic carbocycles. The van der Waals surface area contributed by atoms with E-state index in [1.54, 1.807) is 24.3 Å². The summed E-state index contributed by atoms with van der Waals surface area (Å²) < 4.78 is 15.6. The minimum atomic E-state index is -0.542. The van der Waals surface area contributed by atoms with Gasteiger partial charge in [-0.25, -0.2) is 9.59 Å². The van der Waals surface area contributed by atoms with E-state index in [1.165, 1.54) is 20.4 Å². The number of aromatic nitrogens is 1. The Labute approximate surface area is 150 Å². The van der Waals surface area contributed by atoms with E-state index in [-0.39, 0.29) is 12.2 Å². The Hall–Kier alpha value is -3.41. The Balaban J connectivity index is 2.01. The highest BCUT2D eigenvalue weighted by atomic mass is 16.5. The van der Waals surface area contributed by atoms with Crippen molar-refractivity contribution in [2.45, 2.75) is 6.61 Å². The molecule has 0 unspecified atom stereocenters. The Kier molecular flexibility index (Phi) is 5.12. The maximum atomic E-state index is 12.1. The van der Waals surface area contributed by atoms with E-state index < -0.39 is 11.9 Å². The van der Waals surface area contributed by atoms with Gasteiger partial charge in [0.1, 0.15) is 17.9 Å². The molecule has 0 fully saturated rings. The lowest BCUT2D eigenvalue weighted by Gasteiger charge is -2.14. The largest absolute Gasteiger partial charge is 0.487 e. The molecule has 3 aromatic rings. The number of carbonyl (C=O) groups excluding carboxylic acids is 2. The van der Waals surface area contributed by atoms with Gasteiger partial charge in [-0.1, -0.05) is 30.3 Å². The Bertz CT molecular complexity index is 967. The number of pyridine rings is 1. The number of nitrogens with zero attached hydrogens (tertiary/aromatic N) is 1. The first-order valence-corrected chi connectivity index (χ1v) is 7.90. The average molecular weight is 351 g/mol. The van der Waals surface area contributed by atoms with Crippen molar-refractivity contribution in [3.05, 3.63) is 71.4 Å². The second-order valence-electron chi connectivity index (χ2n) is 5.45. The summed E-state index contributed by atoms with van der Waals surface area (Å²) in [6.45, 7) is 0.0866. The molecule has 132 valence electrons. The molecule has 0 saturated carbocycles. The van der Waals surface area contributed by atoms with Gasteiger partial charge in [0.05, 0.1) is 25.3 Å². The highest BCUT2D eigenvalue weighted by Crippen LogP contribution is 2.30. The predicted octanol–water partition coefficient (Wildman–Crippen LogP) is 3.39. The summed E-state index contributed by atoms with van der Waals surface area (Å²) in [6, 6.07) is 14.3. The van der Waals surface area contributed by atoms with Gasteiger partial charge in [-0.15, -0.1) is 0 Å². The molecule has 26 heavy (non-hydrogen) atoms. The first-order chi connectivity index (χ1) is 12.7. The Morgan fingerprint density at radius 3 is 2.31 bits per heavy atom. The summed E-state index contributed by atoms with van der Waals surface area (Å²) in [5, 5.41) is 0.686. The highest BCUT2D eigenvalue weighted by molar-refractivity contribution is 5.99. The number of esters is 2. The minimum Gasteiger partial charge on any atom is -0.487 e. The van der Waals surface area contributed by atoms with Crippen LogP contribution >= 0.6 is 0 Å². The molecule has 0 atom stereocenters. The molecule has 0 saturated heterocycles. The van der Waals surface area contributed by atoms with E-state index in [9.17, 15) is 9.59 Å². The van der Waals surface area contributed by atoms with Crippen LogP contribution < -0.4 is 4.74 Å². The van der Waals surface area contributed by atoms with Crippen LogP contribution in [0.1, 0.15) is 26.3 Å². The molecule has 6 heteroatoms. The van der Waals surface area contributed by atoms with E-state index >= 15 is 0 Å². The predicted molar refractivity (Wildman–Crippen MR) is 95.2 cm³/mol. The normalized spacial score (nSPS) is 10.4. The molecule has 0 spiro atoms. The van der Waals surface area contributed by atoms with Crippen LogP contribution in [0.2, 0.25) is 0 Å². The molecule has 0 N–H and O–H groups in total. The van der Waals surface area contributed by atoms with Crippen LogP contribution in [0.3, 0.4) is 0 Å². The van der Waals surface area contributed by atoms with Crippen LogP contribution in [0.25, 0.3) is 10.9 Å². The smallest absolute Gasteiger partial charge is 0.343 e. The second-order valence-corrected chi connectivity index (χ2v) is 5.45. The van der Waals surface area contributed by atoms with Gasteiger partial charge in [-0.2, -0.15) is 0 Å². The van der Waals surface area contributed by atoms with Crippen molar-refractivity contribution in [1.82, 2.24) is 4.98 Å². The van der Waals surface area contributed by atoms with Crippen LogP contribution in [-0.2, 0) is 16.1 Å². The van der Waals surface area contributed by atoms with Crippen molar-refractivity contribution in [2.24, 2.45) is 0 Å². The topological polar surface area (TPSA) is 74.7 Å². The van der Waals surface area contributed by atoms with Crippen LogP contribution in [0, 0.1) is 0 Å². The van der Waals surface area contributed by atoms with E-state index in [2.05, 4.69) is 4.98 Å². The lowest BCUT2D eigenvalue weighted by molar-refractivity contribution is 0.0584. The maximum absolute atomic E-state index is 12.1. The summed E-state index contributed by atoms with van der Waals surface area (Å²) in [6.07, 6.45) is 1.43. The van der Waals surface area contributed by atoms with Gasteiger partial charge in [0.25, 0.3) is 0 Å². The van der Waals surface area contributed by atoms with Crippen LogP contribution in [0.4, 0.5) is 0 Å². The molecule has 1 heterocycles. The molecule has 6 nitrogen and oxygen atoms in total. The molecule has 0 aliphatic rings. The number of fused-ring (bicyclic) bond motifs is 1. The number of carbonyl (C=O) groups is 2. The Morgan fingerprint density at radius 2 is 1.54 bits per heavy atom. The lowest BCUT2D eigenvalue weighted by Crippen LogP contribution is -2.10. The van der Waals surface area contributed by atoms with Crippen molar-refractivity contribution >= 4 is 22.8 Å². The molecular formula is C20H17NO5. The molecule has 1 aromatic heterocycles. The maximum Gasteiger partial charge on any atom is 0.343 e. The first kappa shape index (κ1) is 17.4. The standard InChI is InChI=1S/C20H17NO5/c1-24-19(22)14-8-4-3-7-13(14)12-26-18-15-9-5-6-10-17(15)21-11-16(18)20(23)25-2/h3-11H,12H2,1-2H3. The van der Waals surface area contributed by atoms with Gasteiger partial charge >= 0.3 is 11.9 Å². The number of rotatable bonds is 5. The summed E-state index contributed by atoms with van der Waals surface area (Å²) in [5.41, 5.74) is 1.97. The van der Waals surface area contributed by atoms with Gasteiger partial charge in [0.15, 0.2) is 0 Å². The number of hydrogen-bond acceptors (Lipinski definition) is 6. The second kappa shape index (κ2) is 7.65. The zero-order valence-corrected chi connectivity index (χ0v) is 14.4. The number of para-hydroxylation sites is 1.